The van der Waals surface area contributed by atoms with Gasteiger partial charge in [-0.15, -0.1) is 0 Å². The lowest BCUT2D eigenvalue weighted by Gasteiger charge is -2.06. The largest absolute Gasteiger partial charge is 0.421 e. The monoisotopic (exact) mass is 369 g/mol. The van der Waals surface area contributed by atoms with Crippen molar-refractivity contribution in [3.63, 3.8) is 0 Å². The molecular formula is C12H6BrClFN5O. The number of halogens is 3. The van der Waals surface area contributed by atoms with Gasteiger partial charge in [-0.2, -0.15) is 20.1 Å². The van der Waals surface area contributed by atoms with Crippen LogP contribution in [0.4, 0.5) is 4.39 Å². The van der Waals surface area contributed by atoms with Crippen molar-refractivity contribution in [3.8, 4) is 17.7 Å². The van der Waals surface area contributed by atoms with Crippen LogP contribution in [-0.4, -0.2) is 24.7 Å². The van der Waals surface area contributed by atoms with Gasteiger partial charge in [-0.05, 0) is 35.9 Å². The summed E-state index contributed by atoms with van der Waals surface area (Å²) >= 11 is 8.98. The highest BCUT2D eigenvalue weighted by Gasteiger charge is 2.11. The molecule has 0 saturated carbocycles. The van der Waals surface area contributed by atoms with E-state index in [2.05, 4.69) is 36.0 Å². The van der Waals surface area contributed by atoms with E-state index in [0.717, 1.165) is 0 Å². The second-order valence-corrected chi connectivity index (χ2v) is 5.07. The number of hydrogen-bond donors (Lipinski definition) is 0. The van der Waals surface area contributed by atoms with Gasteiger partial charge in [-0.25, -0.2) is 9.07 Å². The van der Waals surface area contributed by atoms with E-state index in [1.807, 2.05) is 0 Å². The maximum Gasteiger partial charge on any atom is 0.328 e. The molecule has 1 aromatic carbocycles. The molecule has 0 aliphatic heterocycles. The number of ether oxygens (including phenoxy) is 1. The van der Waals surface area contributed by atoms with E-state index in [0.29, 0.717) is 4.47 Å². The molecule has 9 heteroatoms. The highest BCUT2D eigenvalue weighted by Crippen LogP contribution is 2.25. The van der Waals surface area contributed by atoms with Crippen molar-refractivity contribution in [3.05, 3.63) is 52.2 Å². The van der Waals surface area contributed by atoms with Crippen LogP contribution in [0.2, 0.25) is 5.28 Å². The second-order valence-electron chi connectivity index (χ2n) is 3.81. The van der Waals surface area contributed by atoms with Gasteiger partial charge in [-0.1, -0.05) is 15.9 Å². The molecule has 6 nitrogen and oxygen atoms in total. The van der Waals surface area contributed by atoms with Gasteiger partial charge in [0, 0.05) is 16.9 Å². The molecule has 0 amide bonds. The molecule has 106 valence electrons. The Morgan fingerprint density at radius 1 is 1.24 bits per heavy atom. The molecule has 3 rings (SSSR count). The Hall–Kier alpha value is -2.06. The number of rotatable bonds is 3. The van der Waals surface area contributed by atoms with Crippen molar-refractivity contribution < 1.29 is 9.13 Å². The third kappa shape index (κ3) is 3.17. The summed E-state index contributed by atoms with van der Waals surface area (Å²) in [6.45, 7) is 0. The summed E-state index contributed by atoms with van der Waals surface area (Å²) in [7, 11) is 0. The molecule has 0 fully saturated rings. The van der Waals surface area contributed by atoms with E-state index in [1.54, 1.807) is 24.5 Å². The van der Waals surface area contributed by atoms with Gasteiger partial charge in [0.2, 0.25) is 5.28 Å². The van der Waals surface area contributed by atoms with Gasteiger partial charge in [0.1, 0.15) is 0 Å². The lowest BCUT2D eigenvalue weighted by atomic mass is 10.3. The van der Waals surface area contributed by atoms with Crippen LogP contribution in [-0.2, 0) is 0 Å². The fourth-order valence-corrected chi connectivity index (χ4v) is 1.99. The van der Waals surface area contributed by atoms with Crippen LogP contribution in [0.5, 0.6) is 11.8 Å². The Kier molecular flexibility index (Phi) is 3.80. The van der Waals surface area contributed by atoms with Crippen LogP contribution in [0.15, 0.2) is 41.1 Å². The normalized spacial score (nSPS) is 10.6. The molecule has 0 saturated heterocycles. The highest BCUT2D eigenvalue weighted by atomic mass is 79.9. The van der Waals surface area contributed by atoms with Crippen molar-refractivity contribution in [1.29, 1.82) is 0 Å². The van der Waals surface area contributed by atoms with E-state index in [1.165, 1.54) is 16.8 Å². The first kappa shape index (κ1) is 13.9. The van der Waals surface area contributed by atoms with Crippen LogP contribution in [0.1, 0.15) is 0 Å². The Bertz CT molecular complexity index is 783. The zero-order valence-corrected chi connectivity index (χ0v) is 12.6. The highest BCUT2D eigenvalue weighted by molar-refractivity contribution is 9.10. The van der Waals surface area contributed by atoms with E-state index in [-0.39, 0.29) is 23.0 Å². The molecule has 3 aromatic rings. The number of benzene rings is 1. The summed E-state index contributed by atoms with van der Waals surface area (Å²) in [5.74, 6) is -0.402. The molecule has 0 aliphatic rings. The molecule has 2 aromatic heterocycles. The second kappa shape index (κ2) is 5.74. The van der Waals surface area contributed by atoms with Crippen molar-refractivity contribution in [1.82, 2.24) is 24.7 Å². The van der Waals surface area contributed by atoms with Crippen molar-refractivity contribution in [2.24, 2.45) is 0 Å². The van der Waals surface area contributed by atoms with Gasteiger partial charge >= 0.3 is 6.01 Å². The minimum atomic E-state index is -0.554. The van der Waals surface area contributed by atoms with Crippen LogP contribution in [0.3, 0.4) is 0 Å². The summed E-state index contributed by atoms with van der Waals surface area (Å²) in [5, 5.41) is 3.89. The molecule has 0 unspecified atom stereocenters. The SMILES string of the molecule is Fc1cc(Br)ccc1Oc1nc(Cl)nc(-n2cccn2)n1. The maximum atomic E-state index is 13.7. The van der Waals surface area contributed by atoms with Crippen LogP contribution >= 0.6 is 27.5 Å². The third-order valence-electron chi connectivity index (χ3n) is 2.38. The van der Waals surface area contributed by atoms with Crippen molar-refractivity contribution >= 4 is 27.5 Å². The van der Waals surface area contributed by atoms with E-state index in [4.69, 9.17) is 16.3 Å². The van der Waals surface area contributed by atoms with Crippen molar-refractivity contribution in [2.45, 2.75) is 0 Å². The van der Waals surface area contributed by atoms with Crippen molar-refractivity contribution in [2.75, 3.05) is 0 Å². The number of nitrogens with zero attached hydrogens (tertiary/aromatic N) is 5. The smallest absolute Gasteiger partial charge is 0.328 e. The zero-order valence-electron chi connectivity index (χ0n) is 10.2. The fraction of sp³-hybridized carbons (Fsp3) is 0. The quantitative estimate of drug-likeness (QED) is 0.707. The minimum Gasteiger partial charge on any atom is -0.421 e. The predicted octanol–water partition coefficient (Wildman–Crippen LogP) is 3.40. The molecule has 0 N–H and O–H groups in total. The average Bonchev–Trinajstić information content (AvgIpc) is 2.95. The van der Waals surface area contributed by atoms with Crippen LogP contribution < -0.4 is 4.74 Å². The van der Waals surface area contributed by atoms with Gasteiger partial charge < -0.3 is 4.74 Å². The summed E-state index contributed by atoms with van der Waals surface area (Å²) < 4.78 is 21.0. The number of hydrogen-bond acceptors (Lipinski definition) is 5. The lowest BCUT2D eigenvalue weighted by molar-refractivity contribution is 0.407. The minimum absolute atomic E-state index is 0.0214. The summed E-state index contributed by atoms with van der Waals surface area (Å²) in [6, 6.07) is 5.93. The summed E-state index contributed by atoms with van der Waals surface area (Å²) in [5.41, 5.74) is 0. The zero-order chi connectivity index (χ0) is 14.8. The summed E-state index contributed by atoms with van der Waals surface area (Å²) in [4.78, 5) is 11.7. The molecule has 0 spiro atoms. The summed E-state index contributed by atoms with van der Waals surface area (Å²) in [6.07, 6.45) is 3.20. The Labute approximate surface area is 131 Å². The van der Waals surface area contributed by atoms with Gasteiger partial charge in [0.05, 0.1) is 0 Å². The molecule has 0 bridgehead atoms. The van der Waals surface area contributed by atoms with E-state index < -0.39 is 5.82 Å². The van der Waals surface area contributed by atoms with Gasteiger partial charge in [0.25, 0.3) is 5.95 Å². The molecule has 21 heavy (non-hydrogen) atoms. The molecule has 0 atom stereocenters. The Morgan fingerprint density at radius 3 is 2.81 bits per heavy atom. The first-order valence-electron chi connectivity index (χ1n) is 5.66. The first-order chi connectivity index (χ1) is 10.1. The fourth-order valence-electron chi connectivity index (χ4n) is 1.51. The van der Waals surface area contributed by atoms with Crippen LogP contribution in [0.25, 0.3) is 5.95 Å². The maximum absolute atomic E-state index is 13.7. The molecule has 2 heterocycles. The van der Waals surface area contributed by atoms with Gasteiger partial charge in [-0.3, -0.25) is 0 Å². The van der Waals surface area contributed by atoms with E-state index in [9.17, 15) is 4.39 Å². The van der Waals surface area contributed by atoms with Crippen LogP contribution in [0, 0.1) is 5.82 Å². The Balaban J connectivity index is 1.95. The Morgan fingerprint density at radius 2 is 2.10 bits per heavy atom. The third-order valence-corrected chi connectivity index (χ3v) is 3.04. The first-order valence-corrected chi connectivity index (χ1v) is 6.83. The standard InChI is InChI=1S/C12H6BrClFN5O/c13-7-2-3-9(8(15)6-7)21-12-18-10(14)17-11(19-12)20-5-1-4-16-20/h1-6H. The topological polar surface area (TPSA) is 65.7 Å². The molecular weight excluding hydrogens is 365 g/mol. The van der Waals surface area contributed by atoms with E-state index >= 15 is 0 Å². The predicted molar refractivity (Wildman–Crippen MR) is 76.1 cm³/mol. The van der Waals surface area contributed by atoms with Gasteiger partial charge in [0.15, 0.2) is 11.6 Å². The number of aromatic nitrogens is 5. The average molecular weight is 371 g/mol. The molecule has 0 aliphatic carbocycles. The lowest BCUT2D eigenvalue weighted by Crippen LogP contribution is -2.05. The molecule has 0 radical (unpaired) electrons.